The highest BCUT2D eigenvalue weighted by Gasteiger charge is 2.13. The standard InChI is InChI=1S/C10H11FN2O2/c1-7(2)6-12-9-5-8(11)3-4-10(9)13(14)15/h3-5,12H,1,6H2,2H3. The van der Waals surface area contributed by atoms with Crippen molar-refractivity contribution in [2.24, 2.45) is 0 Å². The molecule has 0 aliphatic rings. The Labute approximate surface area is 86.6 Å². The van der Waals surface area contributed by atoms with Gasteiger partial charge in [-0.15, -0.1) is 0 Å². The highest BCUT2D eigenvalue weighted by atomic mass is 19.1. The van der Waals surface area contributed by atoms with Crippen LogP contribution in [0.2, 0.25) is 0 Å². The van der Waals surface area contributed by atoms with Gasteiger partial charge in [0.2, 0.25) is 0 Å². The van der Waals surface area contributed by atoms with E-state index in [0.717, 1.165) is 23.8 Å². The molecule has 1 aromatic rings. The summed E-state index contributed by atoms with van der Waals surface area (Å²) >= 11 is 0. The van der Waals surface area contributed by atoms with E-state index in [4.69, 9.17) is 0 Å². The SMILES string of the molecule is C=C(C)CNc1cc(F)ccc1[N+](=O)[O-]. The van der Waals surface area contributed by atoms with Gasteiger partial charge >= 0.3 is 0 Å². The monoisotopic (exact) mass is 210 g/mol. The zero-order chi connectivity index (χ0) is 11.4. The minimum Gasteiger partial charge on any atom is -0.376 e. The summed E-state index contributed by atoms with van der Waals surface area (Å²) in [5.41, 5.74) is 0.842. The van der Waals surface area contributed by atoms with Gasteiger partial charge in [-0.1, -0.05) is 12.2 Å². The van der Waals surface area contributed by atoms with Crippen LogP contribution in [0.1, 0.15) is 6.92 Å². The van der Waals surface area contributed by atoms with Gasteiger partial charge in [-0.3, -0.25) is 10.1 Å². The Morgan fingerprint density at radius 1 is 1.67 bits per heavy atom. The van der Waals surface area contributed by atoms with Crippen molar-refractivity contribution in [3.63, 3.8) is 0 Å². The predicted molar refractivity (Wildman–Crippen MR) is 56.4 cm³/mol. The molecule has 0 aliphatic heterocycles. The van der Waals surface area contributed by atoms with Crippen molar-refractivity contribution in [1.29, 1.82) is 0 Å². The van der Waals surface area contributed by atoms with Gasteiger partial charge in [0.25, 0.3) is 5.69 Å². The molecule has 0 heterocycles. The summed E-state index contributed by atoms with van der Waals surface area (Å²) < 4.78 is 12.8. The molecule has 1 rings (SSSR count). The van der Waals surface area contributed by atoms with Crippen molar-refractivity contribution in [3.05, 3.63) is 46.3 Å². The highest BCUT2D eigenvalue weighted by molar-refractivity contribution is 5.61. The highest BCUT2D eigenvalue weighted by Crippen LogP contribution is 2.24. The number of nitro groups is 1. The number of nitro benzene ring substituents is 1. The molecule has 0 unspecified atom stereocenters. The molecule has 0 spiro atoms. The van der Waals surface area contributed by atoms with E-state index in [0.29, 0.717) is 6.54 Å². The lowest BCUT2D eigenvalue weighted by molar-refractivity contribution is -0.384. The fourth-order valence-corrected chi connectivity index (χ4v) is 1.06. The number of halogens is 1. The van der Waals surface area contributed by atoms with Crippen molar-refractivity contribution >= 4 is 11.4 Å². The first-order valence-electron chi connectivity index (χ1n) is 4.33. The van der Waals surface area contributed by atoms with E-state index < -0.39 is 10.7 Å². The zero-order valence-electron chi connectivity index (χ0n) is 8.29. The van der Waals surface area contributed by atoms with E-state index in [1.54, 1.807) is 6.92 Å². The predicted octanol–water partition coefficient (Wildman–Crippen LogP) is 2.72. The smallest absolute Gasteiger partial charge is 0.292 e. The first kappa shape index (κ1) is 11.2. The van der Waals surface area contributed by atoms with E-state index in [2.05, 4.69) is 11.9 Å². The number of nitrogens with zero attached hydrogens (tertiary/aromatic N) is 1. The van der Waals surface area contributed by atoms with Crippen LogP contribution in [-0.2, 0) is 0 Å². The topological polar surface area (TPSA) is 55.2 Å². The summed E-state index contributed by atoms with van der Waals surface area (Å²) in [4.78, 5) is 10.0. The van der Waals surface area contributed by atoms with Gasteiger partial charge in [-0.2, -0.15) is 0 Å². The van der Waals surface area contributed by atoms with Crippen molar-refractivity contribution in [3.8, 4) is 0 Å². The zero-order valence-corrected chi connectivity index (χ0v) is 8.29. The maximum Gasteiger partial charge on any atom is 0.292 e. The van der Waals surface area contributed by atoms with Crippen LogP contribution in [0, 0.1) is 15.9 Å². The van der Waals surface area contributed by atoms with Crippen molar-refractivity contribution in [1.82, 2.24) is 0 Å². The molecule has 0 bridgehead atoms. The van der Waals surface area contributed by atoms with Crippen LogP contribution in [0.25, 0.3) is 0 Å². The maximum atomic E-state index is 12.8. The molecular weight excluding hydrogens is 199 g/mol. The number of anilines is 1. The average Bonchev–Trinajstić information content (AvgIpc) is 2.14. The average molecular weight is 210 g/mol. The fraction of sp³-hybridized carbons (Fsp3) is 0.200. The Morgan fingerprint density at radius 3 is 2.87 bits per heavy atom. The van der Waals surface area contributed by atoms with Crippen LogP contribution >= 0.6 is 0 Å². The van der Waals surface area contributed by atoms with Crippen molar-refractivity contribution in [2.75, 3.05) is 11.9 Å². The molecule has 0 fully saturated rings. The molecule has 0 amide bonds. The molecule has 0 radical (unpaired) electrons. The van der Waals surface area contributed by atoms with Crippen molar-refractivity contribution in [2.45, 2.75) is 6.92 Å². The van der Waals surface area contributed by atoms with Crippen LogP contribution in [0.5, 0.6) is 0 Å². The molecule has 80 valence electrons. The lowest BCUT2D eigenvalue weighted by Gasteiger charge is -2.06. The number of rotatable bonds is 4. The van der Waals surface area contributed by atoms with Gasteiger partial charge in [-0.05, 0) is 13.0 Å². The van der Waals surface area contributed by atoms with Crippen LogP contribution in [0.15, 0.2) is 30.4 Å². The van der Waals surface area contributed by atoms with E-state index >= 15 is 0 Å². The van der Waals surface area contributed by atoms with Gasteiger partial charge in [0, 0.05) is 18.7 Å². The van der Waals surface area contributed by atoms with Crippen LogP contribution < -0.4 is 5.32 Å². The first-order valence-corrected chi connectivity index (χ1v) is 4.33. The first-order chi connectivity index (χ1) is 7.00. The van der Waals surface area contributed by atoms with Gasteiger partial charge in [0.15, 0.2) is 0 Å². The number of hydrogen-bond donors (Lipinski definition) is 1. The van der Waals surface area contributed by atoms with Gasteiger partial charge in [0.1, 0.15) is 11.5 Å². The summed E-state index contributed by atoms with van der Waals surface area (Å²) in [5.74, 6) is -0.509. The number of hydrogen-bond acceptors (Lipinski definition) is 3. The molecule has 4 nitrogen and oxygen atoms in total. The molecule has 1 aromatic carbocycles. The molecule has 0 saturated heterocycles. The summed E-state index contributed by atoms with van der Waals surface area (Å²) in [6, 6.07) is 3.29. The second-order valence-corrected chi connectivity index (χ2v) is 3.23. The van der Waals surface area contributed by atoms with Crippen molar-refractivity contribution < 1.29 is 9.31 Å². The molecular formula is C10H11FN2O2. The van der Waals surface area contributed by atoms with E-state index in [9.17, 15) is 14.5 Å². The van der Waals surface area contributed by atoms with Gasteiger partial charge < -0.3 is 5.32 Å². The van der Waals surface area contributed by atoms with E-state index in [1.807, 2.05) is 0 Å². The largest absolute Gasteiger partial charge is 0.376 e. The lowest BCUT2D eigenvalue weighted by Crippen LogP contribution is -2.05. The molecule has 1 N–H and O–H groups in total. The van der Waals surface area contributed by atoms with Gasteiger partial charge in [-0.25, -0.2) is 4.39 Å². The molecule has 15 heavy (non-hydrogen) atoms. The molecule has 0 aromatic heterocycles. The Kier molecular flexibility index (Phi) is 3.38. The Bertz CT molecular complexity index is 404. The van der Waals surface area contributed by atoms with Crippen LogP contribution in [0.3, 0.4) is 0 Å². The minimum atomic E-state index is -0.555. The molecule has 0 saturated carbocycles. The van der Waals surface area contributed by atoms with Crippen LogP contribution in [-0.4, -0.2) is 11.5 Å². The van der Waals surface area contributed by atoms with E-state index in [1.165, 1.54) is 0 Å². The third-order valence-electron chi connectivity index (χ3n) is 1.74. The normalized spacial score (nSPS) is 9.73. The summed E-state index contributed by atoms with van der Waals surface area (Å²) in [5, 5.41) is 13.4. The minimum absolute atomic E-state index is 0.141. The Hall–Kier alpha value is -1.91. The number of nitrogens with one attached hydrogen (secondary N) is 1. The number of benzene rings is 1. The van der Waals surface area contributed by atoms with E-state index in [-0.39, 0.29) is 11.4 Å². The summed E-state index contributed by atoms with van der Waals surface area (Å²) in [7, 11) is 0. The van der Waals surface area contributed by atoms with Gasteiger partial charge in [0.05, 0.1) is 4.92 Å². The Morgan fingerprint density at radius 2 is 2.33 bits per heavy atom. The Balaban J connectivity index is 2.96. The lowest BCUT2D eigenvalue weighted by atomic mass is 10.2. The third-order valence-corrected chi connectivity index (χ3v) is 1.74. The fourth-order valence-electron chi connectivity index (χ4n) is 1.06. The second-order valence-electron chi connectivity index (χ2n) is 3.23. The summed E-state index contributed by atoms with van der Waals surface area (Å²) in [6.07, 6.45) is 0. The molecule has 0 aliphatic carbocycles. The third kappa shape index (κ3) is 3.05. The molecule has 5 heteroatoms. The molecule has 0 atom stereocenters. The quantitative estimate of drug-likeness (QED) is 0.472. The second kappa shape index (κ2) is 4.54. The summed E-state index contributed by atoms with van der Waals surface area (Å²) in [6.45, 7) is 5.80. The maximum absolute atomic E-state index is 12.8. The van der Waals surface area contributed by atoms with Crippen LogP contribution in [0.4, 0.5) is 15.8 Å².